The lowest BCUT2D eigenvalue weighted by Gasteiger charge is -2.12. The van der Waals surface area contributed by atoms with E-state index in [4.69, 9.17) is 15.0 Å². The minimum Gasteiger partial charge on any atom is -0.309 e. The third-order valence-corrected chi connectivity index (χ3v) is 12.3. The maximum atomic E-state index is 5.08. The van der Waals surface area contributed by atoms with Gasteiger partial charge in [-0.1, -0.05) is 109 Å². The molecule has 274 valence electrons. The van der Waals surface area contributed by atoms with Gasteiger partial charge in [0.1, 0.15) is 0 Å². The Bertz CT molecular complexity index is 3290. The summed E-state index contributed by atoms with van der Waals surface area (Å²) < 4.78 is 7.05. The monoisotopic (exact) mass is 967 g/mol. The zero-order valence-corrected chi connectivity index (χ0v) is 35.2. The van der Waals surface area contributed by atoms with Crippen molar-refractivity contribution in [3.63, 3.8) is 0 Å². The van der Waals surface area contributed by atoms with Crippen molar-refractivity contribution in [1.29, 1.82) is 0 Å². The maximum Gasteiger partial charge on any atom is 0.164 e. The number of aromatic nitrogens is 5. The van der Waals surface area contributed by atoms with E-state index < -0.39 is 0 Å². The van der Waals surface area contributed by atoms with Gasteiger partial charge in [-0.05, 0) is 135 Å². The summed E-state index contributed by atoms with van der Waals surface area (Å²) in [7, 11) is 0. The van der Waals surface area contributed by atoms with E-state index in [1.54, 1.807) is 0 Å². The van der Waals surface area contributed by atoms with Gasteiger partial charge in [0.15, 0.2) is 17.5 Å². The second-order valence-corrected chi connectivity index (χ2v) is 16.9. The molecule has 0 aliphatic carbocycles. The Hall–Kier alpha value is -6.17. The minimum absolute atomic E-state index is 0.628. The second-order valence-electron chi connectivity index (χ2n) is 14.4. The van der Waals surface area contributed by atoms with E-state index in [0.717, 1.165) is 51.8 Å². The molecule has 0 atom stereocenters. The molecule has 7 heteroatoms. The first kappa shape index (κ1) is 35.0. The van der Waals surface area contributed by atoms with E-state index in [0.29, 0.717) is 17.5 Å². The van der Waals surface area contributed by atoms with Gasteiger partial charge in [-0.15, -0.1) is 0 Å². The summed E-state index contributed by atoms with van der Waals surface area (Å²) in [5, 5.41) is 4.88. The molecular weight excluding hydrogens is 936 g/mol. The highest BCUT2D eigenvalue weighted by Crippen LogP contribution is 2.39. The minimum atomic E-state index is 0.628. The molecule has 58 heavy (non-hydrogen) atoms. The maximum absolute atomic E-state index is 5.08. The van der Waals surface area contributed by atoms with Crippen LogP contribution < -0.4 is 0 Å². The van der Waals surface area contributed by atoms with Crippen LogP contribution in [0.25, 0.3) is 100 Å². The summed E-state index contributed by atoms with van der Waals surface area (Å²) in [5.41, 5.74) is 12.0. The van der Waals surface area contributed by atoms with Gasteiger partial charge >= 0.3 is 0 Å². The van der Waals surface area contributed by atoms with Crippen LogP contribution in [-0.2, 0) is 0 Å². The summed E-state index contributed by atoms with van der Waals surface area (Å²) in [6, 6.07) is 66.9. The Morgan fingerprint density at radius 1 is 0.293 bits per heavy atom. The van der Waals surface area contributed by atoms with Gasteiger partial charge in [0.25, 0.3) is 0 Å². The van der Waals surface area contributed by atoms with Gasteiger partial charge in [0.05, 0.1) is 22.1 Å². The Morgan fingerprint density at radius 3 is 1.41 bits per heavy atom. The molecule has 3 aromatic heterocycles. The number of nitrogens with zero attached hydrogens (tertiary/aromatic N) is 5. The Kier molecular flexibility index (Phi) is 8.66. The lowest BCUT2D eigenvalue weighted by Crippen LogP contribution is -2.01. The first-order valence-corrected chi connectivity index (χ1v) is 21.2. The van der Waals surface area contributed by atoms with Crippen molar-refractivity contribution in [2.75, 3.05) is 0 Å². The van der Waals surface area contributed by atoms with Gasteiger partial charge in [-0.3, -0.25) is 0 Å². The van der Waals surface area contributed by atoms with E-state index in [1.165, 1.54) is 38.1 Å². The molecule has 0 saturated heterocycles. The molecule has 8 aromatic carbocycles. The molecule has 0 bridgehead atoms. The van der Waals surface area contributed by atoms with Crippen LogP contribution in [0.4, 0.5) is 0 Å². The van der Waals surface area contributed by atoms with E-state index in [9.17, 15) is 0 Å². The van der Waals surface area contributed by atoms with Gasteiger partial charge in [-0.2, -0.15) is 0 Å². The molecule has 0 radical (unpaired) electrons. The van der Waals surface area contributed by atoms with Crippen LogP contribution in [0, 0.1) is 7.14 Å². The summed E-state index contributed by atoms with van der Waals surface area (Å²) in [5.74, 6) is 1.92. The highest BCUT2D eigenvalue weighted by molar-refractivity contribution is 14.1. The largest absolute Gasteiger partial charge is 0.309 e. The summed E-state index contributed by atoms with van der Waals surface area (Å²) in [6.07, 6.45) is 0. The molecule has 0 unspecified atom stereocenters. The predicted molar refractivity (Wildman–Crippen MR) is 256 cm³/mol. The van der Waals surface area contributed by atoms with Crippen LogP contribution in [0.3, 0.4) is 0 Å². The molecule has 0 amide bonds. The smallest absolute Gasteiger partial charge is 0.164 e. The fourth-order valence-corrected chi connectivity index (χ4v) is 8.90. The van der Waals surface area contributed by atoms with Crippen LogP contribution >= 0.6 is 45.2 Å². The van der Waals surface area contributed by atoms with Crippen molar-refractivity contribution in [2.24, 2.45) is 0 Å². The normalized spacial score (nSPS) is 11.6. The van der Waals surface area contributed by atoms with Crippen LogP contribution in [0.5, 0.6) is 0 Å². The van der Waals surface area contributed by atoms with E-state index in [2.05, 4.69) is 242 Å². The van der Waals surface area contributed by atoms with Gasteiger partial charge in [0.2, 0.25) is 0 Å². The van der Waals surface area contributed by atoms with Crippen LogP contribution in [0.1, 0.15) is 0 Å². The Labute approximate surface area is 362 Å². The summed E-state index contributed by atoms with van der Waals surface area (Å²) in [4.78, 5) is 15.1. The molecule has 0 fully saturated rings. The molecule has 5 nitrogen and oxygen atoms in total. The quantitative estimate of drug-likeness (QED) is 0.156. The topological polar surface area (TPSA) is 48.5 Å². The highest BCUT2D eigenvalue weighted by atomic mass is 127. The van der Waals surface area contributed by atoms with Gasteiger partial charge < -0.3 is 9.13 Å². The van der Waals surface area contributed by atoms with Crippen molar-refractivity contribution >= 4 is 88.8 Å². The number of rotatable bonds is 6. The van der Waals surface area contributed by atoms with Crippen LogP contribution in [-0.4, -0.2) is 24.1 Å². The SMILES string of the molecule is Ic1ccc(-c2nc(-c3ccc(I)cc3)nc(-c3cccc(-n4c5ccccc5c5ccc(-c6ccc7c(c6)c6ccccc6n7-c6ccccc6)cc54)c3)n2)cc1. The number of hydrogen-bond acceptors (Lipinski definition) is 3. The molecule has 3 heterocycles. The van der Waals surface area contributed by atoms with Crippen molar-refractivity contribution in [3.8, 4) is 56.7 Å². The van der Waals surface area contributed by atoms with Crippen LogP contribution in [0.15, 0.2) is 188 Å². The van der Waals surface area contributed by atoms with Gasteiger partial charge in [-0.25, -0.2) is 15.0 Å². The van der Waals surface area contributed by atoms with Crippen molar-refractivity contribution in [3.05, 3.63) is 195 Å². The second kappa shape index (κ2) is 14.3. The molecule has 0 N–H and O–H groups in total. The lowest BCUT2D eigenvalue weighted by molar-refractivity contribution is 1.07. The van der Waals surface area contributed by atoms with Crippen molar-refractivity contribution < 1.29 is 0 Å². The first-order valence-electron chi connectivity index (χ1n) is 19.1. The van der Waals surface area contributed by atoms with Crippen LogP contribution in [0.2, 0.25) is 0 Å². The average molecular weight is 968 g/mol. The third kappa shape index (κ3) is 6.08. The van der Waals surface area contributed by atoms with E-state index >= 15 is 0 Å². The fraction of sp³-hybridized carbons (Fsp3) is 0. The molecule has 0 saturated carbocycles. The molecule has 11 rings (SSSR count). The molecule has 0 spiro atoms. The predicted octanol–water partition coefficient (Wildman–Crippen LogP) is 13.9. The molecular formula is C51H31I2N5. The average Bonchev–Trinajstić information content (AvgIpc) is 3.79. The van der Waals surface area contributed by atoms with Gasteiger partial charge in [0, 0.05) is 56.8 Å². The summed E-state index contributed by atoms with van der Waals surface area (Å²) in [6.45, 7) is 0. The number of hydrogen-bond donors (Lipinski definition) is 0. The molecule has 0 aliphatic rings. The van der Waals surface area contributed by atoms with E-state index in [-0.39, 0.29) is 0 Å². The highest BCUT2D eigenvalue weighted by Gasteiger charge is 2.18. The lowest BCUT2D eigenvalue weighted by atomic mass is 10.0. The van der Waals surface area contributed by atoms with Crippen molar-refractivity contribution in [1.82, 2.24) is 24.1 Å². The zero-order valence-electron chi connectivity index (χ0n) is 30.9. The third-order valence-electron chi connectivity index (χ3n) is 10.9. The Morgan fingerprint density at radius 2 is 0.759 bits per heavy atom. The number of fused-ring (bicyclic) bond motifs is 6. The first-order chi connectivity index (χ1) is 28.6. The standard InChI is InChI=1S/C51H31I2N5/c52-37-23-17-32(18-24-37)49-54-50(33-19-25-38(53)26-20-33)56-51(55-49)36-9-8-12-40(29-36)58-45-15-6-4-13-41(45)43-27-21-35(31-48(43)58)34-22-28-47-44(30-34)42-14-5-7-16-46(42)57(47)39-10-2-1-3-11-39/h1-31H. The Balaban J connectivity index is 1.07. The summed E-state index contributed by atoms with van der Waals surface area (Å²) >= 11 is 4.66. The zero-order chi connectivity index (χ0) is 38.7. The number of halogens is 2. The van der Waals surface area contributed by atoms with E-state index in [1.807, 2.05) is 0 Å². The number of para-hydroxylation sites is 3. The molecule has 0 aliphatic heterocycles. The number of benzene rings is 8. The fourth-order valence-electron chi connectivity index (χ4n) is 8.18. The van der Waals surface area contributed by atoms with Crippen molar-refractivity contribution in [2.45, 2.75) is 0 Å². The molecule has 11 aromatic rings.